The van der Waals surface area contributed by atoms with Crippen LogP contribution in [-0.2, 0) is 0 Å². The number of rotatable bonds is 6. The molecule has 2 rings (SSSR count). The fourth-order valence-electron chi connectivity index (χ4n) is 2.03. The Morgan fingerprint density at radius 3 is 2.89 bits per heavy atom. The molecule has 0 aliphatic heterocycles. The Bertz CT molecular complexity index is 509. The minimum atomic E-state index is 0.301. The summed E-state index contributed by atoms with van der Waals surface area (Å²) in [4.78, 5) is 6.74. The second-order valence-corrected chi connectivity index (χ2v) is 5.83. The fraction of sp³-hybridized carbons (Fsp3) is 0.500. The maximum atomic E-state index is 8.75. The fourth-order valence-corrected chi connectivity index (χ4v) is 2.89. The summed E-state index contributed by atoms with van der Waals surface area (Å²) in [5, 5.41) is 9.87. The predicted molar refractivity (Wildman–Crippen MR) is 78.6 cm³/mol. The SMILES string of the molecule is Cc1nc2ccc(N(C)CCCCCO)cc2s1. The molecule has 0 unspecified atom stereocenters. The predicted octanol–water partition coefficient (Wildman–Crippen LogP) is 3.20. The first kappa shape index (κ1) is 13.3. The van der Waals surface area contributed by atoms with Gasteiger partial charge in [0.15, 0.2) is 0 Å². The Balaban J connectivity index is 2.01. The topological polar surface area (TPSA) is 36.4 Å². The molecule has 1 heterocycles. The zero-order chi connectivity index (χ0) is 13.0. The molecule has 1 N–H and O–H groups in total. The second-order valence-electron chi connectivity index (χ2n) is 4.59. The zero-order valence-corrected chi connectivity index (χ0v) is 11.8. The molecule has 1 aromatic carbocycles. The number of anilines is 1. The molecular weight excluding hydrogens is 244 g/mol. The van der Waals surface area contributed by atoms with Crippen molar-refractivity contribution >= 4 is 27.2 Å². The van der Waals surface area contributed by atoms with Crippen LogP contribution in [0, 0.1) is 6.92 Å². The standard InChI is InChI=1S/C14H20N2OS/c1-11-15-13-7-6-12(10-14(13)18-11)16(2)8-4-3-5-9-17/h6-7,10,17H,3-5,8-9H2,1-2H3. The van der Waals surface area contributed by atoms with E-state index in [1.165, 1.54) is 10.4 Å². The number of benzene rings is 1. The van der Waals surface area contributed by atoms with Gasteiger partial charge in [0.25, 0.3) is 0 Å². The first-order valence-corrected chi connectivity index (χ1v) is 7.21. The number of aliphatic hydroxyl groups excluding tert-OH is 1. The van der Waals surface area contributed by atoms with Crippen molar-refractivity contribution < 1.29 is 5.11 Å². The number of hydrogen-bond donors (Lipinski definition) is 1. The molecule has 98 valence electrons. The molecule has 3 nitrogen and oxygen atoms in total. The number of aryl methyl sites for hydroxylation is 1. The molecule has 18 heavy (non-hydrogen) atoms. The van der Waals surface area contributed by atoms with E-state index in [1.807, 2.05) is 6.92 Å². The molecule has 0 aliphatic rings. The van der Waals surface area contributed by atoms with Crippen molar-refractivity contribution in [2.45, 2.75) is 26.2 Å². The first-order chi connectivity index (χ1) is 8.70. The highest BCUT2D eigenvalue weighted by Crippen LogP contribution is 2.26. The molecule has 0 radical (unpaired) electrons. The van der Waals surface area contributed by atoms with Crippen LogP contribution in [0.15, 0.2) is 18.2 Å². The normalized spacial score (nSPS) is 11.1. The summed E-state index contributed by atoms with van der Waals surface area (Å²) < 4.78 is 1.26. The lowest BCUT2D eigenvalue weighted by atomic mass is 10.2. The molecule has 0 amide bonds. The van der Waals surface area contributed by atoms with Crippen molar-refractivity contribution in [3.8, 4) is 0 Å². The number of nitrogens with zero attached hydrogens (tertiary/aromatic N) is 2. The quantitative estimate of drug-likeness (QED) is 0.814. The third-order valence-electron chi connectivity index (χ3n) is 3.07. The lowest BCUT2D eigenvalue weighted by Crippen LogP contribution is -2.18. The van der Waals surface area contributed by atoms with Crippen molar-refractivity contribution in [3.63, 3.8) is 0 Å². The van der Waals surface area contributed by atoms with E-state index in [1.54, 1.807) is 11.3 Å². The van der Waals surface area contributed by atoms with Crippen LogP contribution in [0.5, 0.6) is 0 Å². The first-order valence-electron chi connectivity index (χ1n) is 6.40. The second kappa shape index (κ2) is 6.16. The van der Waals surface area contributed by atoms with E-state index in [0.29, 0.717) is 6.61 Å². The highest BCUT2D eigenvalue weighted by molar-refractivity contribution is 7.18. The number of aliphatic hydroxyl groups is 1. The molecule has 2 aromatic rings. The Morgan fingerprint density at radius 1 is 1.28 bits per heavy atom. The lowest BCUT2D eigenvalue weighted by Gasteiger charge is -2.19. The molecule has 1 aromatic heterocycles. The molecule has 0 atom stereocenters. The van der Waals surface area contributed by atoms with E-state index < -0.39 is 0 Å². The van der Waals surface area contributed by atoms with E-state index in [2.05, 4.69) is 35.1 Å². The lowest BCUT2D eigenvalue weighted by molar-refractivity contribution is 0.283. The number of unbranched alkanes of at least 4 members (excludes halogenated alkanes) is 2. The van der Waals surface area contributed by atoms with Crippen LogP contribution in [0.2, 0.25) is 0 Å². The highest BCUT2D eigenvalue weighted by atomic mass is 32.1. The van der Waals surface area contributed by atoms with Crippen molar-refractivity contribution in [2.75, 3.05) is 25.1 Å². The average Bonchev–Trinajstić information content (AvgIpc) is 2.73. The molecule has 0 saturated carbocycles. The molecule has 0 spiro atoms. The number of thiazole rings is 1. The van der Waals surface area contributed by atoms with Crippen LogP contribution >= 0.6 is 11.3 Å². The van der Waals surface area contributed by atoms with Crippen molar-refractivity contribution in [2.24, 2.45) is 0 Å². The van der Waals surface area contributed by atoms with Crippen molar-refractivity contribution in [1.29, 1.82) is 0 Å². The van der Waals surface area contributed by atoms with Gasteiger partial charge in [0.2, 0.25) is 0 Å². The van der Waals surface area contributed by atoms with Crippen LogP contribution in [0.25, 0.3) is 10.2 Å². The van der Waals surface area contributed by atoms with Gasteiger partial charge < -0.3 is 10.0 Å². The summed E-state index contributed by atoms with van der Waals surface area (Å²) in [6.07, 6.45) is 3.11. The summed E-state index contributed by atoms with van der Waals surface area (Å²) in [5.74, 6) is 0. The maximum Gasteiger partial charge on any atom is 0.0907 e. The third kappa shape index (κ3) is 3.21. The van der Waals surface area contributed by atoms with E-state index in [4.69, 9.17) is 5.11 Å². The maximum absolute atomic E-state index is 8.75. The smallest absolute Gasteiger partial charge is 0.0907 e. The van der Waals surface area contributed by atoms with Gasteiger partial charge in [0.05, 0.1) is 15.2 Å². The van der Waals surface area contributed by atoms with Gasteiger partial charge in [-0.3, -0.25) is 0 Å². The molecule has 0 fully saturated rings. The Kier molecular flexibility index (Phi) is 4.55. The average molecular weight is 264 g/mol. The van der Waals surface area contributed by atoms with Gasteiger partial charge >= 0.3 is 0 Å². The largest absolute Gasteiger partial charge is 0.396 e. The number of hydrogen-bond acceptors (Lipinski definition) is 4. The van der Waals surface area contributed by atoms with E-state index in [-0.39, 0.29) is 0 Å². The summed E-state index contributed by atoms with van der Waals surface area (Å²) in [5.41, 5.74) is 2.34. The Hall–Kier alpha value is -1.13. The van der Waals surface area contributed by atoms with Crippen LogP contribution in [0.1, 0.15) is 24.3 Å². The van der Waals surface area contributed by atoms with Crippen LogP contribution in [-0.4, -0.2) is 30.3 Å². The van der Waals surface area contributed by atoms with E-state index in [9.17, 15) is 0 Å². The zero-order valence-electron chi connectivity index (χ0n) is 11.0. The monoisotopic (exact) mass is 264 g/mol. The summed E-state index contributed by atoms with van der Waals surface area (Å²) >= 11 is 1.74. The van der Waals surface area contributed by atoms with Gasteiger partial charge in [-0.2, -0.15) is 0 Å². The summed E-state index contributed by atoms with van der Waals surface area (Å²) in [6.45, 7) is 3.38. The van der Waals surface area contributed by atoms with E-state index in [0.717, 1.165) is 36.3 Å². The molecule has 0 aliphatic carbocycles. The van der Waals surface area contributed by atoms with Crippen LogP contribution in [0.4, 0.5) is 5.69 Å². The molecular formula is C14H20N2OS. The Labute approximate surface area is 112 Å². The van der Waals surface area contributed by atoms with Crippen LogP contribution in [0.3, 0.4) is 0 Å². The summed E-state index contributed by atoms with van der Waals surface area (Å²) in [6, 6.07) is 6.44. The minimum Gasteiger partial charge on any atom is -0.396 e. The van der Waals surface area contributed by atoms with Crippen molar-refractivity contribution in [1.82, 2.24) is 4.98 Å². The number of fused-ring (bicyclic) bond motifs is 1. The van der Waals surface area contributed by atoms with Crippen LogP contribution < -0.4 is 4.90 Å². The van der Waals surface area contributed by atoms with E-state index >= 15 is 0 Å². The molecule has 4 heteroatoms. The van der Waals surface area contributed by atoms with Gasteiger partial charge in [-0.05, 0) is 44.4 Å². The van der Waals surface area contributed by atoms with Gasteiger partial charge in [-0.15, -0.1) is 11.3 Å². The molecule has 0 saturated heterocycles. The minimum absolute atomic E-state index is 0.301. The van der Waals surface area contributed by atoms with Gasteiger partial charge in [-0.1, -0.05) is 0 Å². The van der Waals surface area contributed by atoms with Crippen molar-refractivity contribution in [3.05, 3.63) is 23.2 Å². The highest BCUT2D eigenvalue weighted by Gasteiger charge is 2.05. The van der Waals surface area contributed by atoms with Gasteiger partial charge in [0, 0.05) is 25.9 Å². The summed E-state index contributed by atoms with van der Waals surface area (Å²) in [7, 11) is 2.12. The molecule has 0 bridgehead atoms. The van der Waals surface area contributed by atoms with Gasteiger partial charge in [0.1, 0.15) is 0 Å². The van der Waals surface area contributed by atoms with Gasteiger partial charge in [-0.25, -0.2) is 4.98 Å². The Morgan fingerprint density at radius 2 is 2.11 bits per heavy atom. The number of aromatic nitrogens is 1. The third-order valence-corrected chi connectivity index (χ3v) is 4.00.